The molecular formula is C26H40N4O5. The number of unbranched alkanes of at least 4 members (excludes halogenated alkanes) is 1. The molecular weight excluding hydrogens is 448 g/mol. The number of rotatable bonds is 12. The molecule has 0 aliphatic carbocycles. The molecule has 194 valence electrons. The quantitative estimate of drug-likeness (QED) is 0.307. The Balaban J connectivity index is 3.50. The Morgan fingerprint density at radius 2 is 1.77 bits per heavy atom. The van der Waals surface area contributed by atoms with Crippen molar-refractivity contribution in [2.24, 2.45) is 5.73 Å². The lowest BCUT2D eigenvalue weighted by Crippen LogP contribution is -2.54. The largest absolute Gasteiger partial charge is 0.444 e. The van der Waals surface area contributed by atoms with Gasteiger partial charge in [0, 0.05) is 13.1 Å². The molecule has 0 aliphatic rings. The van der Waals surface area contributed by atoms with E-state index in [4.69, 9.17) is 10.5 Å². The first-order chi connectivity index (χ1) is 16.3. The minimum atomic E-state index is -1.32. The first kappa shape index (κ1) is 29.7. The van der Waals surface area contributed by atoms with Crippen molar-refractivity contribution in [3.05, 3.63) is 47.5 Å². The van der Waals surface area contributed by atoms with Gasteiger partial charge < -0.3 is 26.0 Å². The van der Waals surface area contributed by atoms with Gasteiger partial charge in [-0.05, 0) is 57.7 Å². The highest BCUT2D eigenvalue weighted by atomic mass is 16.6. The maximum Gasteiger partial charge on any atom is 0.408 e. The summed E-state index contributed by atoms with van der Waals surface area (Å²) in [7, 11) is 0. The highest BCUT2D eigenvalue weighted by Gasteiger charge is 2.37. The number of aryl methyl sites for hydroxylation is 2. The minimum Gasteiger partial charge on any atom is -0.444 e. The molecule has 35 heavy (non-hydrogen) atoms. The monoisotopic (exact) mass is 488 g/mol. The predicted octanol–water partition coefficient (Wildman–Crippen LogP) is 3.04. The van der Waals surface area contributed by atoms with Gasteiger partial charge in [-0.2, -0.15) is 0 Å². The van der Waals surface area contributed by atoms with E-state index in [0.717, 1.165) is 24.0 Å². The molecule has 4 N–H and O–H groups in total. The zero-order valence-electron chi connectivity index (χ0n) is 21.8. The zero-order chi connectivity index (χ0) is 26.8. The first-order valence-corrected chi connectivity index (χ1v) is 11.8. The third kappa shape index (κ3) is 9.42. The third-order valence-electron chi connectivity index (χ3n) is 5.21. The van der Waals surface area contributed by atoms with Crippen molar-refractivity contribution in [1.29, 1.82) is 0 Å². The molecule has 1 aromatic rings. The number of nitrogens with two attached hydrogens (primary N) is 1. The molecule has 0 saturated carbocycles. The number of benzene rings is 1. The molecule has 4 amide bonds. The summed E-state index contributed by atoms with van der Waals surface area (Å²) in [5.41, 5.74) is 6.90. The Hall–Kier alpha value is -3.36. The SMILES string of the molecule is C=CCN(C(=O)C(CC(N)=O)NC(=O)OC(C)(C)C)C(C(=O)NCCCC)c1c(C)cccc1C. The van der Waals surface area contributed by atoms with Crippen molar-refractivity contribution in [1.82, 2.24) is 15.5 Å². The topological polar surface area (TPSA) is 131 Å². The van der Waals surface area contributed by atoms with Gasteiger partial charge in [0.1, 0.15) is 17.7 Å². The number of ether oxygens (including phenoxy) is 1. The fraction of sp³-hybridized carbons (Fsp3) is 0.538. The van der Waals surface area contributed by atoms with Gasteiger partial charge in [-0.1, -0.05) is 37.6 Å². The van der Waals surface area contributed by atoms with E-state index in [1.165, 1.54) is 11.0 Å². The fourth-order valence-electron chi connectivity index (χ4n) is 3.69. The van der Waals surface area contributed by atoms with Gasteiger partial charge in [-0.15, -0.1) is 6.58 Å². The van der Waals surface area contributed by atoms with Gasteiger partial charge in [0.25, 0.3) is 0 Å². The van der Waals surface area contributed by atoms with Crippen LogP contribution in [0.15, 0.2) is 30.9 Å². The molecule has 0 heterocycles. The fourth-order valence-corrected chi connectivity index (χ4v) is 3.69. The standard InChI is InChI=1S/C26H40N4O5/c1-8-10-14-28-23(32)22(21-17(3)12-11-13-18(21)4)30(15-9-2)24(33)19(16-20(27)31)29-25(34)35-26(5,6)7/h9,11-13,19,22H,2,8,10,14-16H2,1,3-7H3,(H2,27,31)(H,28,32)(H,29,34). The molecule has 9 heteroatoms. The number of nitrogens with zero attached hydrogens (tertiary/aromatic N) is 1. The van der Waals surface area contributed by atoms with Crippen LogP contribution in [0.25, 0.3) is 0 Å². The third-order valence-corrected chi connectivity index (χ3v) is 5.21. The van der Waals surface area contributed by atoms with Crippen molar-refractivity contribution in [2.45, 2.75) is 78.5 Å². The normalized spacial score (nSPS) is 12.7. The summed E-state index contributed by atoms with van der Waals surface area (Å²) in [6.07, 6.45) is 1.84. The summed E-state index contributed by atoms with van der Waals surface area (Å²) in [6, 6.07) is 3.28. The van der Waals surface area contributed by atoms with Crippen molar-refractivity contribution in [3.8, 4) is 0 Å². The molecule has 0 saturated heterocycles. The average Bonchev–Trinajstić information content (AvgIpc) is 2.72. The molecule has 1 aromatic carbocycles. The highest BCUT2D eigenvalue weighted by Crippen LogP contribution is 2.29. The van der Waals surface area contributed by atoms with Crippen LogP contribution in [0.4, 0.5) is 4.79 Å². The van der Waals surface area contributed by atoms with E-state index in [0.29, 0.717) is 12.1 Å². The van der Waals surface area contributed by atoms with Crippen LogP contribution in [0, 0.1) is 13.8 Å². The number of nitrogens with one attached hydrogen (secondary N) is 2. The van der Waals surface area contributed by atoms with Gasteiger partial charge in [-0.3, -0.25) is 14.4 Å². The number of primary amides is 1. The summed E-state index contributed by atoms with van der Waals surface area (Å²) >= 11 is 0. The number of hydrogen-bond donors (Lipinski definition) is 3. The van der Waals surface area contributed by atoms with E-state index >= 15 is 0 Å². The number of hydrogen-bond acceptors (Lipinski definition) is 5. The summed E-state index contributed by atoms with van der Waals surface area (Å²) in [4.78, 5) is 52.7. The summed E-state index contributed by atoms with van der Waals surface area (Å²) in [5, 5.41) is 5.36. The van der Waals surface area contributed by atoms with Crippen molar-refractivity contribution >= 4 is 23.8 Å². The number of carbonyl (C=O) groups excluding carboxylic acids is 4. The van der Waals surface area contributed by atoms with Gasteiger partial charge in [0.15, 0.2) is 0 Å². The Bertz CT molecular complexity index is 903. The van der Waals surface area contributed by atoms with E-state index in [1.807, 2.05) is 39.0 Å². The molecule has 9 nitrogen and oxygen atoms in total. The van der Waals surface area contributed by atoms with Crippen LogP contribution in [0.2, 0.25) is 0 Å². The second-order valence-corrected chi connectivity index (χ2v) is 9.50. The van der Waals surface area contributed by atoms with E-state index in [9.17, 15) is 19.2 Å². The van der Waals surface area contributed by atoms with E-state index in [-0.39, 0.29) is 12.5 Å². The molecule has 0 aromatic heterocycles. The summed E-state index contributed by atoms with van der Waals surface area (Å²) in [5.74, 6) is -1.79. The summed E-state index contributed by atoms with van der Waals surface area (Å²) in [6.45, 7) is 15.0. The Kier molecular flexibility index (Phi) is 11.5. The zero-order valence-corrected chi connectivity index (χ0v) is 21.8. The molecule has 0 bridgehead atoms. The Morgan fingerprint density at radius 1 is 1.17 bits per heavy atom. The lowest BCUT2D eigenvalue weighted by Gasteiger charge is -2.35. The summed E-state index contributed by atoms with van der Waals surface area (Å²) < 4.78 is 5.26. The highest BCUT2D eigenvalue weighted by molar-refractivity contribution is 5.95. The van der Waals surface area contributed by atoms with Crippen LogP contribution >= 0.6 is 0 Å². The van der Waals surface area contributed by atoms with Crippen LogP contribution in [-0.2, 0) is 19.1 Å². The van der Waals surface area contributed by atoms with E-state index < -0.39 is 42.0 Å². The van der Waals surface area contributed by atoms with Crippen LogP contribution in [0.5, 0.6) is 0 Å². The van der Waals surface area contributed by atoms with E-state index in [2.05, 4.69) is 17.2 Å². The second kappa shape index (κ2) is 13.5. The van der Waals surface area contributed by atoms with Crippen molar-refractivity contribution in [2.75, 3.05) is 13.1 Å². The number of alkyl carbamates (subject to hydrolysis) is 1. The molecule has 0 aliphatic heterocycles. The van der Waals surface area contributed by atoms with Crippen LogP contribution in [-0.4, -0.2) is 53.4 Å². The van der Waals surface area contributed by atoms with Gasteiger partial charge in [0.2, 0.25) is 17.7 Å². The van der Waals surface area contributed by atoms with Crippen LogP contribution < -0.4 is 16.4 Å². The molecule has 2 unspecified atom stereocenters. The molecule has 0 radical (unpaired) electrons. The predicted molar refractivity (Wildman–Crippen MR) is 135 cm³/mol. The lowest BCUT2D eigenvalue weighted by atomic mass is 9.93. The molecule has 1 rings (SSSR count). The number of amides is 4. The van der Waals surface area contributed by atoms with Gasteiger partial charge >= 0.3 is 6.09 Å². The smallest absolute Gasteiger partial charge is 0.408 e. The van der Waals surface area contributed by atoms with Gasteiger partial charge in [0.05, 0.1) is 6.42 Å². The minimum absolute atomic E-state index is 0.00370. The molecule has 0 fully saturated rings. The first-order valence-electron chi connectivity index (χ1n) is 11.8. The maximum absolute atomic E-state index is 13.8. The second-order valence-electron chi connectivity index (χ2n) is 9.50. The van der Waals surface area contributed by atoms with Gasteiger partial charge in [-0.25, -0.2) is 4.79 Å². The molecule has 2 atom stereocenters. The van der Waals surface area contributed by atoms with Crippen molar-refractivity contribution in [3.63, 3.8) is 0 Å². The van der Waals surface area contributed by atoms with Crippen LogP contribution in [0.3, 0.4) is 0 Å². The van der Waals surface area contributed by atoms with Crippen molar-refractivity contribution < 1.29 is 23.9 Å². The number of carbonyl (C=O) groups is 4. The lowest BCUT2D eigenvalue weighted by molar-refractivity contribution is -0.142. The Labute approximate surface area is 208 Å². The molecule has 0 spiro atoms. The Morgan fingerprint density at radius 3 is 2.26 bits per heavy atom. The van der Waals surface area contributed by atoms with Crippen LogP contribution in [0.1, 0.15) is 69.7 Å². The maximum atomic E-state index is 13.8. The average molecular weight is 489 g/mol. The van der Waals surface area contributed by atoms with E-state index in [1.54, 1.807) is 20.8 Å².